The number of carbonyl (C=O) groups excluding carboxylic acids is 2. The molecular weight excluding hydrogens is 418 g/mol. The van der Waals surface area contributed by atoms with Gasteiger partial charge in [-0.2, -0.15) is 0 Å². The first-order valence-corrected chi connectivity index (χ1v) is 11.5. The van der Waals surface area contributed by atoms with Crippen molar-refractivity contribution in [1.29, 1.82) is 0 Å². The molecule has 2 amide bonds. The average molecular weight is 448 g/mol. The SMILES string of the molecule is O=C(CN1CCN(C(=O)c2cc3ccccc3[nH]2)CC1)Nc1ccc(N2CCOCC2)cc1. The number of amides is 2. The minimum absolute atomic E-state index is 0.00987. The fraction of sp³-hybridized carbons (Fsp3) is 0.360. The van der Waals surface area contributed by atoms with Gasteiger partial charge in [-0.1, -0.05) is 18.2 Å². The lowest BCUT2D eigenvalue weighted by molar-refractivity contribution is -0.117. The molecule has 2 fully saturated rings. The number of hydrogen-bond acceptors (Lipinski definition) is 5. The van der Waals surface area contributed by atoms with Crippen LogP contribution in [0.25, 0.3) is 10.9 Å². The second kappa shape index (κ2) is 9.64. The summed E-state index contributed by atoms with van der Waals surface area (Å²) in [4.78, 5) is 34.8. The van der Waals surface area contributed by atoms with Crippen LogP contribution >= 0.6 is 0 Å². The van der Waals surface area contributed by atoms with Crippen LogP contribution in [0.5, 0.6) is 0 Å². The summed E-state index contributed by atoms with van der Waals surface area (Å²) in [5.41, 5.74) is 3.52. The number of ether oxygens (including phenoxy) is 1. The number of para-hydroxylation sites is 1. The molecule has 0 aliphatic carbocycles. The monoisotopic (exact) mass is 447 g/mol. The second-order valence-corrected chi connectivity index (χ2v) is 8.53. The van der Waals surface area contributed by atoms with Gasteiger partial charge in [0.2, 0.25) is 5.91 Å². The van der Waals surface area contributed by atoms with Crippen molar-refractivity contribution >= 4 is 34.1 Å². The number of fused-ring (bicyclic) bond motifs is 1. The van der Waals surface area contributed by atoms with E-state index in [2.05, 4.69) is 20.1 Å². The zero-order valence-corrected chi connectivity index (χ0v) is 18.6. The highest BCUT2D eigenvalue weighted by molar-refractivity contribution is 5.98. The Morgan fingerprint density at radius 3 is 2.36 bits per heavy atom. The Labute approximate surface area is 193 Å². The first-order chi connectivity index (χ1) is 16.2. The van der Waals surface area contributed by atoms with Crippen LogP contribution < -0.4 is 10.2 Å². The molecule has 172 valence electrons. The van der Waals surface area contributed by atoms with Gasteiger partial charge in [-0.25, -0.2) is 0 Å². The number of hydrogen-bond donors (Lipinski definition) is 2. The minimum atomic E-state index is -0.0375. The summed E-state index contributed by atoms with van der Waals surface area (Å²) in [7, 11) is 0. The van der Waals surface area contributed by atoms with Crippen LogP contribution in [0.15, 0.2) is 54.6 Å². The Balaban J connectivity index is 1.09. The fourth-order valence-electron chi connectivity index (χ4n) is 4.45. The van der Waals surface area contributed by atoms with E-state index in [0.29, 0.717) is 38.4 Å². The van der Waals surface area contributed by atoms with E-state index in [-0.39, 0.29) is 11.8 Å². The molecule has 0 radical (unpaired) electrons. The summed E-state index contributed by atoms with van der Waals surface area (Å²) < 4.78 is 5.40. The predicted molar refractivity (Wildman–Crippen MR) is 129 cm³/mol. The Morgan fingerprint density at radius 1 is 0.909 bits per heavy atom. The number of anilines is 2. The largest absolute Gasteiger partial charge is 0.378 e. The molecule has 0 saturated carbocycles. The highest BCUT2D eigenvalue weighted by Gasteiger charge is 2.24. The van der Waals surface area contributed by atoms with E-state index in [0.717, 1.165) is 48.6 Å². The van der Waals surface area contributed by atoms with Gasteiger partial charge in [-0.3, -0.25) is 14.5 Å². The molecule has 3 heterocycles. The number of H-pyrrole nitrogens is 1. The Kier molecular flexibility index (Phi) is 6.28. The topological polar surface area (TPSA) is 80.9 Å². The van der Waals surface area contributed by atoms with Crippen molar-refractivity contribution in [2.24, 2.45) is 0 Å². The maximum Gasteiger partial charge on any atom is 0.270 e. The summed E-state index contributed by atoms with van der Waals surface area (Å²) in [5, 5.41) is 4.02. The minimum Gasteiger partial charge on any atom is -0.378 e. The van der Waals surface area contributed by atoms with Crippen molar-refractivity contribution in [3.63, 3.8) is 0 Å². The highest BCUT2D eigenvalue weighted by atomic mass is 16.5. The molecule has 2 N–H and O–H groups in total. The second-order valence-electron chi connectivity index (χ2n) is 8.53. The molecule has 0 unspecified atom stereocenters. The molecule has 2 aliphatic heterocycles. The van der Waals surface area contributed by atoms with Crippen LogP contribution in [0.2, 0.25) is 0 Å². The first-order valence-electron chi connectivity index (χ1n) is 11.5. The molecule has 0 atom stereocenters. The average Bonchev–Trinajstić information content (AvgIpc) is 3.29. The van der Waals surface area contributed by atoms with Crippen molar-refractivity contribution < 1.29 is 14.3 Å². The summed E-state index contributed by atoms with van der Waals surface area (Å²) in [6, 6.07) is 17.8. The van der Waals surface area contributed by atoms with Crippen LogP contribution in [0.3, 0.4) is 0 Å². The maximum absolute atomic E-state index is 12.9. The van der Waals surface area contributed by atoms with E-state index in [9.17, 15) is 9.59 Å². The van der Waals surface area contributed by atoms with Crippen LogP contribution in [-0.2, 0) is 9.53 Å². The van der Waals surface area contributed by atoms with Crippen molar-refractivity contribution in [2.75, 3.05) is 69.2 Å². The van der Waals surface area contributed by atoms with Crippen molar-refractivity contribution in [2.45, 2.75) is 0 Å². The number of benzene rings is 2. The molecule has 8 heteroatoms. The molecule has 5 rings (SSSR count). The number of rotatable bonds is 5. The number of nitrogens with zero attached hydrogens (tertiary/aromatic N) is 3. The molecule has 2 saturated heterocycles. The third-order valence-corrected chi connectivity index (χ3v) is 6.31. The smallest absolute Gasteiger partial charge is 0.270 e. The van der Waals surface area contributed by atoms with Gasteiger partial charge in [0.1, 0.15) is 5.69 Å². The lowest BCUT2D eigenvalue weighted by atomic mass is 10.2. The molecular formula is C25H29N5O3. The van der Waals surface area contributed by atoms with E-state index < -0.39 is 0 Å². The van der Waals surface area contributed by atoms with E-state index >= 15 is 0 Å². The van der Waals surface area contributed by atoms with Gasteiger partial charge in [0.25, 0.3) is 5.91 Å². The van der Waals surface area contributed by atoms with E-state index in [1.54, 1.807) is 0 Å². The molecule has 1 aromatic heterocycles. The Bertz CT molecular complexity index is 1080. The molecule has 3 aromatic rings. The number of aromatic amines is 1. The normalized spacial score (nSPS) is 17.3. The number of morpholine rings is 1. The van der Waals surface area contributed by atoms with Gasteiger partial charge in [0, 0.05) is 61.5 Å². The zero-order chi connectivity index (χ0) is 22.6. The molecule has 0 bridgehead atoms. The van der Waals surface area contributed by atoms with E-state index in [1.165, 1.54) is 0 Å². The fourth-order valence-corrected chi connectivity index (χ4v) is 4.45. The van der Waals surface area contributed by atoms with Crippen LogP contribution in [0, 0.1) is 0 Å². The summed E-state index contributed by atoms with van der Waals surface area (Å²) in [5.74, 6) is -0.0276. The number of nitrogens with one attached hydrogen (secondary N) is 2. The molecule has 0 spiro atoms. The van der Waals surface area contributed by atoms with Gasteiger partial charge < -0.3 is 24.8 Å². The third-order valence-electron chi connectivity index (χ3n) is 6.31. The van der Waals surface area contributed by atoms with Crippen molar-refractivity contribution in [1.82, 2.24) is 14.8 Å². The van der Waals surface area contributed by atoms with E-state index in [1.807, 2.05) is 59.5 Å². The van der Waals surface area contributed by atoms with Gasteiger partial charge in [-0.05, 0) is 36.4 Å². The van der Waals surface area contributed by atoms with Gasteiger partial charge >= 0.3 is 0 Å². The Hall–Kier alpha value is -3.36. The van der Waals surface area contributed by atoms with E-state index in [4.69, 9.17) is 4.74 Å². The Morgan fingerprint density at radius 2 is 1.64 bits per heavy atom. The molecule has 2 aromatic carbocycles. The third kappa shape index (κ3) is 5.02. The summed E-state index contributed by atoms with van der Waals surface area (Å²) in [6.45, 7) is 6.16. The number of aromatic nitrogens is 1. The maximum atomic E-state index is 12.9. The molecule has 2 aliphatic rings. The van der Waals surface area contributed by atoms with Crippen molar-refractivity contribution in [3.8, 4) is 0 Å². The van der Waals surface area contributed by atoms with Gasteiger partial charge in [-0.15, -0.1) is 0 Å². The molecule has 8 nitrogen and oxygen atoms in total. The standard InChI is InChI=1S/C25H29N5O3/c31-24(26-20-5-7-21(8-6-20)29-13-15-33-16-14-29)18-28-9-11-30(12-10-28)25(32)23-17-19-3-1-2-4-22(19)27-23/h1-8,17,27H,9-16,18H2,(H,26,31). The molecule has 33 heavy (non-hydrogen) atoms. The van der Waals surface area contributed by atoms with Gasteiger partial charge in [0.15, 0.2) is 0 Å². The van der Waals surface area contributed by atoms with Crippen LogP contribution in [0.4, 0.5) is 11.4 Å². The lowest BCUT2D eigenvalue weighted by Crippen LogP contribution is -2.50. The van der Waals surface area contributed by atoms with Crippen LogP contribution in [-0.4, -0.2) is 85.6 Å². The van der Waals surface area contributed by atoms with Crippen LogP contribution in [0.1, 0.15) is 10.5 Å². The first kappa shape index (κ1) is 21.5. The lowest BCUT2D eigenvalue weighted by Gasteiger charge is -2.34. The summed E-state index contributed by atoms with van der Waals surface area (Å²) in [6.07, 6.45) is 0. The highest BCUT2D eigenvalue weighted by Crippen LogP contribution is 2.19. The summed E-state index contributed by atoms with van der Waals surface area (Å²) >= 11 is 0. The van der Waals surface area contributed by atoms with Crippen molar-refractivity contribution in [3.05, 3.63) is 60.3 Å². The number of piperazine rings is 1. The number of carbonyl (C=O) groups is 2. The zero-order valence-electron chi connectivity index (χ0n) is 18.6. The quantitative estimate of drug-likeness (QED) is 0.628. The van der Waals surface area contributed by atoms with Gasteiger partial charge in [0.05, 0.1) is 19.8 Å². The predicted octanol–water partition coefficient (Wildman–Crippen LogP) is 2.40.